The lowest BCUT2D eigenvalue weighted by Gasteiger charge is -2.09. The number of hydrogen-bond donors (Lipinski definition) is 2. The van der Waals surface area contributed by atoms with Crippen molar-refractivity contribution in [1.82, 2.24) is 10.0 Å². The second kappa shape index (κ2) is 10.0. The zero-order valence-electron chi connectivity index (χ0n) is 15.9. The van der Waals surface area contributed by atoms with Crippen molar-refractivity contribution >= 4 is 21.9 Å². The van der Waals surface area contributed by atoms with Crippen LogP contribution in [0.25, 0.3) is 0 Å². The van der Waals surface area contributed by atoms with E-state index in [4.69, 9.17) is 4.74 Å². The molecule has 0 bridgehead atoms. The third-order valence-electron chi connectivity index (χ3n) is 4.05. The minimum Gasteiger partial charge on any atom is -0.452 e. The molecule has 1 amide bonds. The molecule has 0 heterocycles. The van der Waals surface area contributed by atoms with Crippen molar-refractivity contribution in [3.05, 3.63) is 65.2 Å². The maximum absolute atomic E-state index is 12.0. The van der Waals surface area contributed by atoms with Gasteiger partial charge in [0.25, 0.3) is 5.91 Å². The van der Waals surface area contributed by atoms with Gasteiger partial charge in [0.2, 0.25) is 10.0 Å². The smallest absolute Gasteiger partial charge is 0.338 e. The van der Waals surface area contributed by atoms with Gasteiger partial charge in [0.1, 0.15) is 0 Å². The minimum atomic E-state index is -3.58. The number of carbonyl (C=O) groups excluding carboxylic acids is 2. The summed E-state index contributed by atoms with van der Waals surface area (Å²) >= 11 is 0. The Morgan fingerprint density at radius 2 is 1.71 bits per heavy atom. The molecular formula is C20H24N2O5S. The van der Waals surface area contributed by atoms with E-state index in [2.05, 4.69) is 10.0 Å². The molecule has 0 spiro atoms. The largest absolute Gasteiger partial charge is 0.452 e. The Morgan fingerprint density at radius 3 is 2.36 bits per heavy atom. The Bertz CT molecular complexity index is 924. The van der Waals surface area contributed by atoms with Crippen LogP contribution in [-0.2, 0) is 26.0 Å². The molecule has 0 atom stereocenters. The third kappa shape index (κ3) is 6.17. The van der Waals surface area contributed by atoms with Gasteiger partial charge in [-0.1, -0.05) is 31.2 Å². The van der Waals surface area contributed by atoms with Crippen molar-refractivity contribution in [2.24, 2.45) is 0 Å². The molecular weight excluding hydrogens is 380 g/mol. The molecule has 0 aromatic heterocycles. The van der Waals surface area contributed by atoms with Gasteiger partial charge in [-0.25, -0.2) is 17.9 Å². The summed E-state index contributed by atoms with van der Waals surface area (Å²) in [7, 11) is -3.58. The lowest BCUT2D eigenvalue weighted by atomic mass is 10.1. The van der Waals surface area contributed by atoms with Crippen molar-refractivity contribution in [1.29, 1.82) is 0 Å². The van der Waals surface area contributed by atoms with E-state index in [1.807, 2.05) is 31.2 Å². The molecule has 2 N–H and O–H groups in total. The second-order valence-corrected chi connectivity index (χ2v) is 7.90. The van der Waals surface area contributed by atoms with Crippen LogP contribution < -0.4 is 10.0 Å². The molecule has 0 aliphatic carbocycles. The van der Waals surface area contributed by atoms with Crippen LogP contribution in [0.1, 0.15) is 28.4 Å². The summed E-state index contributed by atoms with van der Waals surface area (Å²) in [5.41, 5.74) is 2.47. The number of amides is 1. The molecule has 0 radical (unpaired) electrons. The minimum absolute atomic E-state index is 0.0554. The van der Waals surface area contributed by atoms with Crippen LogP contribution >= 0.6 is 0 Å². The Kier molecular flexibility index (Phi) is 7.71. The normalized spacial score (nSPS) is 11.1. The molecule has 8 heteroatoms. The van der Waals surface area contributed by atoms with Crippen molar-refractivity contribution in [2.45, 2.75) is 25.2 Å². The van der Waals surface area contributed by atoms with Crippen LogP contribution in [0.2, 0.25) is 0 Å². The number of aryl methyl sites for hydroxylation is 1. The molecule has 28 heavy (non-hydrogen) atoms. The fourth-order valence-electron chi connectivity index (χ4n) is 2.54. The average molecular weight is 404 g/mol. The SMILES string of the molecule is CCNS(=O)(=O)c1ccc(C(=O)OCC(=O)NCCc2ccccc2C)cc1. The zero-order chi connectivity index (χ0) is 20.6. The highest BCUT2D eigenvalue weighted by Gasteiger charge is 2.15. The molecule has 2 aromatic carbocycles. The highest BCUT2D eigenvalue weighted by molar-refractivity contribution is 7.89. The van der Waals surface area contributed by atoms with E-state index in [-0.39, 0.29) is 17.0 Å². The number of rotatable bonds is 9. The number of ether oxygens (including phenoxy) is 1. The standard InChI is InChI=1S/C20H24N2O5S/c1-3-22-28(25,26)18-10-8-17(9-11-18)20(24)27-14-19(23)21-13-12-16-7-5-4-6-15(16)2/h4-11,22H,3,12-14H2,1-2H3,(H,21,23). The first-order valence-corrected chi connectivity index (χ1v) is 10.4. The maximum Gasteiger partial charge on any atom is 0.338 e. The molecule has 0 unspecified atom stereocenters. The van der Waals surface area contributed by atoms with E-state index in [1.165, 1.54) is 24.3 Å². The fraction of sp³-hybridized carbons (Fsp3) is 0.300. The van der Waals surface area contributed by atoms with Crippen LogP contribution in [0, 0.1) is 6.92 Å². The van der Waals surface area contributed by atoms with E-state index in [1.54, 1.807) is 6.92 Å². The molecule has 0 aliphatic heterocycles. The van der Waals surface area contributed by atoms with Gasteiger partial charge in [0.15, 0.2) is 6.61 Å². The molecule has 0 saturated carbocycles. The predicted molar refractivity (Wildman–Crippen MR) is 105 cm³/mol. The van der Waals surface area contributed by atoms with E-state index < -0.39 is 28.5 Å². The first-order chi connectivity index (χ1) is 13.3. The van der Waals surface area contributed by atoms with Gasteiger partial charge in [0, 0.05) is 13.1 Å². The van der Waals surface area contributed by atoms with Crippen molar-refractivity contribution in [3.8, 4) is 0 Å². The van der Waals surface area contributed by atoms with Crippen LogP contribution in [0.4, 0.5) is 0 Å². The predicted octanol–water partition coefficient (Wildman–Crippen LogP) is 1.81. The lowest BCUT2D eigenvalue weighted by Crippen LogP contribution is -2.30. The quantitative estimate of drug-likeness (QED) is 0.621. The van der Waals surface area contributed by atoms with Crippen LogP contribution in [0.15, 0.2) is 53.4 Å². The van der Waals surface area contributed by atoms with Crippen LogP contribution in [-0.4, -0.2) is 40.0 Å². The molecule has 2 rings (SSSR count). The summed E-state index contributed by atoms with van der Waals surface area (Å²) in [6, 6.07) is 13.2. The number of nitrogens with one attached hydrogen (secondary N) is 2. The van der Waals surface area contributed by atoms with Crippen molar-refractivity contribution < 1.29 is 22.7 Å². The average Bonchev–Trinajstić information content (AvgIpc) is 2.67. The highest BCUT2D eigenvalue weighted by atomic mass is 32.2. The number of esters is 1. The Hall–Kier alpha value is -2.71. The van der Waals surface area contributed by atoms with Gasteiger partial charge >= 0.3 is 5.97 Å². The van der Waals surface area contributed by atoms with Crippen LogP contribution in [0.5, 0.6) is 0 Å². The molecule has 150 valence electrons. The number of hydrogen-bond acceptors (Lipinski definition) is 5. The van der Waals surface area contributed by atoms with Crippen molar-refractivity contribution in [2.75, 3.05) is 19.7 Å². The second-order valence-electron chi connectivity index (χ2n) is 6.13. The summed E-state index contributed by atoms with van der Waals surface area (Å²) < 4.78 is 31.1. The monoisotopic (exact) mass is 404 g/mol. The van der Waals surface area contributed by atoms with E-state index >= 15 is 0 Å². The van der Waals surface area contributed by atoms with Crippen molar-refractivity contribution in [3.63, 3.8) is 0 Å². The van der Waals surface area contributed by atoms with Gasteiger partial charge in [0.05, 0.1) is 10.5 Å². The first kappa shape index (κ1) is 21.6. The molecule has 0 saturated heterocycles. The number of carbonyl (C=O) groups is 2. The number of benzene rings is 2. The Morgan fingerprint density at radius 1 is 1.04 bits per heavy atom. The summed E-state index contributed by atoms with van der Waals surface area (Å²) in [5, 5.41) is 2.70. The highest BCUT2D eigenvalue weighted by Crippen LogP contribution is 2.11. The topological polar surface area (TPSA) is 102 Å². The molecule has 0 aliphatic rings. The van der Waals surface area contributed by atoms with Gasteiger partial charge in [-0.2, -0.15) is 0 Å². The fourth-order valence-corrected chi connectivity index (χ4v) is 3.58. The molecule has 0 fully saturated rings. The summed E-state index contributed by atoms with van der Waals surface area (Å²) in [4.78, 5) is 23.9. The summed E-state index contributed by atoms with van der Waals surface area (Å²) in [6.07, 6.45) is 0.689. The third-order valence-corrected chi connectivity index (χ3v) is 5.61. The van der Waals surface area contributed by atoms with Crippen LogP contribution in [0.3, 0.4) is 0 Å². The molecule has 2 aromatic rings. The summed E-state index contributed by atoms with van der Waals surface area (Å²) in [5.74, 6) is -1.09. The maximum atomic E-state index is 12.0. The van der Waals surface area contributed by atoms with E-state index in [0.717, 1.165) is 11.1 Å². The Labute approximate surface area is 165 Å². The van der Waals surface area contributed by atoms with Gasteiger partial charge < -0.3 is 10.1 Å². The lowest BCUT2D eigenvalue weighted by molar-refractivity contribution is -0.124. The number of sulfonamides is 1. The Balaban J connectivity index is 1.80. The van der Waals surface area contributed by atoms with Gasteiger partial charge in [-0.15, -0.1) is 0 Å². The van der Waals surface area contributed by atoms with Gasteiger partial charge in [-0.05, 0) is 48.7 Å². The first-order valence-electron chi connectivity index (χ1n) is 8.91. The van der Waals surface area contributed by atoms with E-state index in [9.17, 15) is 18.0 Å². The summed E-state index contributed by atoms with van der Waals surface area (Å²) in [6.45, 7) is 4.00. The van der Waals surface area contributed by atoms with Gasteiger partial charge in [-0.3, -0.25) is 4.79 Å². The van der Waals surface area contributed by atoms with E-state index in [0.29, 0.717) is 13.0 Å². The molecule has 7 nitrogen and oxygen atoms in total. The zero-order valence-corrected chi connectivity index (χ0v) is 16.7.